The number of halogens is 1. The number of hydrogen-bond acceptors (Lipinski definition) is 6. The number of hydrogen-bond donors (Lipinski definition) is 1. The van der Waals surface area contributed by atoms with E-state index in [0.29, 0.717) is 23.4 Å². The van der Waals surface area contributed by atoms with Crippen LogP contribution >= 0.6 is 0 Å². The summed E-state index contributed by atoms with van der Waals surface area (Å²) in [5.74, 6) is -0.131. The van der Waals surface area contributed by atoms with Gasteiger partial charge in [0.15, 0.2) is 0 Å². The third-order valence-corrected chi connectivity index (χ3v) is 4.95. The Labute approximate surface area is 197 Å². The predicted molar refractivity (Wildman–Crippen MR) is 126 cm³/mol. The lowest BCUT2D eigenvalue weighted by molar-refractivity contribution is -0.128. The van der Waals surface area contributed by atoms with E-state index in [1.807, 2.05) is 27.7 Å². The molecule has 1 atom stereocenters. The minimum atomic E-state index is -0.750. The molecule has 1 heterocycles. The first-order valence-corrected chi connectivity index (χ1v) is 10.9. The van der Waals surface area contributed by atoms with Crippen molar-refractivity contribution in [2.75, 3.05) is 12.0 Å². The zero-order valence-electron chi connectivity index (χ0n) is 19.9. The molecule has 0 saturated heterocycles. The van der Waals surface area contributed by atoms with Crippen LogP contribution in [-0.2, 0) is 16.1 Å². The fraction of sp³-hybridized carbons (Fsp3) is 0.375. The summed E-state index contributed by atoms with van der Waals surface area (Å²) in [6, 6.07) is 11.8. The van der Waals surface area contributed by atoms with Crippen LogP contribution in [0.5, 0.6) is 5.75 Å². The largest absolute Gasteiger partial charge is 0.497 e. The smallest absolute Gasteiger partial charge is 0.251 e. The van der Waals surface area contributed by atoms with E-state index in [1.54, 1.807) is 31.4 Å². The fourth-order valence-electron chi connectivity index (χ4n) is 3.40. The Bertz CT molecular complexity index is 1120. The molecule has 0 bridgehead atoms. The van der Waals surface area contributed by atoms with E-state index in [-0.39, 0.29) is 30.0 Å². The third-order valence-electron chi connectivity index (χ3n) is 4.95. The Morgan fingerprint density at radius 3 is 2.32 bits per heavy atom. The Morgan fingerprint density at radius 1 is 1.12 bits per heavy atom. The average Bonchev–Trinajstić information content (AvgIpc) is 3.25. The van der Waals surface area contributed by atoms with E-state index < -0.39 is 11.6 Å². The van der Waals surface area contributed by atoms with E-state index >= 15 is 0 Å². The maximum absolute atomic E-state index is 13.5. The van der Waals surface area contributed by atoms with Gasteiger partial charge in [0, 0.05) is 16.8 Å². The summed E-state index contributed by atoms with van der Waals surface area (Å²) in [6.07, 6.45) is 0.394. The van der Waals surface area contributed by atoms with Gasteiger partial charge in [-0.3, -0.25) is 14.5 Å². The third kappa shape index (κ3) is 6.15. The number of carbonyl (C=O) groups is 2. The number of tetrazole rings is 1. The van der Waals surface area contributed by atoms with Crippen LogP contribution in [0.4, 0.5) is 10.1 Å². The van der Waals surface area contributed by atoms with Gasteiger partial charge in [-0.25, -0.2) is 4.39 Å². The monoisotopic (exact) mass is 468 g/mol. The van der Waals surface area contributed by atoms with Crippen LogP contribution in [0.1, 0.15) is 34.1 Å². The number of ether oxygens (including phenoxy) is 1. The van der Waals surface area contributed by atoms with E-state index in [0.717, 1.165) is 4.80 Å². The van der Waals surface area contributed by atoms with E-state index in [4.69, 9.17) is 4.74 Å². The molecule has 10 heteroatoms. The Hall–Kier alpha value is -3.82. The van der Waals surface area contributed by atoms with Gasteiger partial charge in [-0.1, -0.05) is 6.92 Å². The van der Waals surface area contributed by atoms with Crippen LogP contribution in [0.3, 0.4) is 0 Å². The number of rotatable bonds is 8. The minimum Gasteiger partial charge on any atom is -0.497 e. The molecule has 0 spiro atoms. The highest BCUT2D eigenvalue weighted by Crippen LogP contribution is 2.24. The first kappa shape index (κ1) is 24.8. The molecule has 1 aromatic heterocycles. The Morgan fingerprint density at radius 2 is 1.76 bits per heavy atom. The number of methoxy groups -OCH3 is 1. The van der Waals surface area contributed by atoms with Gasteiger partial charge in [0.2, 0.25) is 11.7 Å². The van der Waals surface area contributed by atoms with Crippen molar-refractivity contribution < 1.29 is 18.7 Å². The SMILES string of the molecule is CCC(C(=O)NC(C)(C)C)N(C(=O)Cn1nnc(-c2ccc(F)cc2)n1)c1ccc(OC)cc1. The van der Waals surface area contributed by atoms with Crippen molar-refractivity contribution >= 4 is 17.5 Å². The van der Waals surface area contributed by atoms with Crippen molar-refractivity contribution in [3.8, 4) is 17.1 Å². The molecule has 0 saturated carbocycles. The molecule has 0 aliphatic rings. The highest BCUT2D eigenvalue weighted by Gasteiger charge is 2.32. The van der Waals surface area contributed by atoms with Gasteiger partial charge in [0.1, 0.15) is 24.2 Å². The lowest BCUT2D eigenvalue weighted by atomic mass is 10.1. The summed E-state index contributed by atoms with van der Waals surface area (Å²) in [6.45, 7) is 7.25. The molecule has 0 aliphatic carbocycles. The maximum Gasteiger partial charge on any atom is 0.251 e. The van der Waals surface area contributed by atoms with Crippen molar-refractivity contribution in [2.24, 2.45) is 0 Å². The van der Waals surface area contributed by atoms with Gasteiger partial charge >= 0.3 is 0 Å². The number of amides is 2. The maximum atomic E-state index is 13.5. The standard InChI is InChI=1S/C24H29FN6O3/c1-6-20(23(33)26-24(2,3)4)31(18-11-13-19(34-5)14-12-18)21(32)15-30-28-22(27-29-30)16-7-9-17(25)10-8-16/h7-14,20H,6,15H2,1-5H3,(H,26,33). The van der Waals surface area contributed by atoms with Crippen molar-refractivity contribution in [2.45, 2.75) is 52.2 Å². The predicted octanol–water partition coefficient (Wildman–Crippen LogP) is 3.21. The molecule has 0 radical (unpaired) electrons. The molecule has 2 amide bonds. The number of anilines is 1. The van der Waals surface area contributed by atoms with Crippen LogP contribution in [0.25, 0.3) is 11.4 Å². The molecule has 0 fully saturated rings. The molecular formula is C24H29FN6O3. The molecule has 9 nitrogen and oxygen atoms in total. The molecule has 3 rings (SSSR count). The Balaban J connectivity index is 1.89. The van der Waals surface area contributed by atoms with Gasteiger partial charge in [-0.15, -0.1) is 10.2 Å². The summed E-state index contributed by atoms with van der Waals surface area (Å²) < 4.78 is 18.4. The zero-order chi connectivity index (χ0) is 24.9. The first-order valence-electron chi connectivity index (χ1n) is 10.9. The highest BCUT2D eigenvalue weighted by atomic mass is 19.1. The Kier molecular flexibility index (Phi) is 7.60. The summed E-state index contributed by atoms with van der Waals surface area (Å²) in [5.41, 5.74) is 0.653. The number of carbonyl (C=O) groups excluding carboxylic acids is 2. The van der Waals surface area contributed by atoms with Crippen molar-refractivity contribution in [3.05, 3.63) is 54.3 Å². The number of benzene rings is 2. The van der Waals surface area contributed by atoms with Crippen LogP contribution < -0.4 is 15.0 Å². The molecule has 0 aliphatic heterocycles. The molecule has 1 N–H and O–H groups in total. The van der Waals surface area contributed by atoms with Crippen LogP contribution in [0.15, 0.2) is 48.5 Å². The van der Waals surface area contributed by atoms with Crippen molar-refractivity contribution in [3.63, 3.8) is 0 Å². The summed E-state index contributed by atoms with van der Waals surface area (Å²) >= 11 is 0. The normalized spacial score (nSPS) is 12.2. The second-order valence-corrected chi connectivity index (χ2v) is 8.78. The van der Waals surface area contributed by atoms with Gasteiger partial charge < -0.3 is 10.1 Å². The number of aromatic nitrogens is 4. The molecular weight excluding hydrogens is 439 g/mol. The highest BCUT2D eigenvalue weighted by molar-refractivity contribution is 6.00. The number of nitrogens with zero attached hydrogens (tertiary/aromatic N) is 5. The quantitative estimate of drug-likeness (QED) is 0.545. The molecule has 180 valence electrons. The summed E-state index contributed by atoms with van der Waals surface area (Å²) in [5, 5.41) is 15.1. The average molecular weight is 469 g/mol. The number of nitrogens with one attached hydrogen (secondary N) is 1. The minimum absolute atomic E-state index is 0.237. The molecule has 3 aromatic rings. The second-order valence-electron chi connectivity index (χ2n) is 8.78. The van der Waals surface area contributed by atoms with E-state index in [1.165, 1.54) is 29.2 Å². The van der Waals surface area contributed by atoms with Gasteiger partial charge in [-0.05, 0) is 80.9 Å². The van der Waals surface area contributed by atoms with Crippen LogP contribution in [-0.4, -0.2) is 50.7 Å². The molecule has 2 aromatic carbocycles. The second kappa shape index (κ2) is 10.4. The van der Waals surface area contributed by atoms with Crippen LogP contribution in [0, 0.1) is 5.82 Å². The molecule has 1 unspecified atom stereocenters. The first-order chi connectivity index (χ1) is 16.1. The lowest BCUT2D eigenvalue weighted by Crippen LogP contribution is -2.54. The van der Waals surface area contributed by atoms with Crippen molar-refractivity contribution in [1.82, 2.24) is 25.5 Å². The van der Waals surface area contributed by atoms with Gasteiger partial charge in [0.25, 0.3) is 5.91 Å². The van der Waals surface area contributed by atoms with Gasteiger partial charge in [0.05, 0.1) is 7.11 Å². The molecule has 34 heavy (non-hydrogen) atoms. The van der Waals surface area contributed by atoms with Crippen LogP contribution in [0.2, 0.25) is 0 Å². The topological polar surface area (TPSA) is 102 Å². The van der Waals surface area contributed by atoms with E-state index in [9.17, 15) is 14.0 Å². The fourth-order valence-corrected chi connectivity index (χ4v) is 3.40. The summed E-state index contributed by atoms with van der Waals surface area (Å²) in [7, 11) is 1.55. The zero-order valence-corrected chi connectivity index (χ0v) is 19.9. The lowest BCUT2D eigenvalue weighted by Gasteiger charge is -2.33. The summed E-state index contributed by atoms with van der Waals surface area (Å²) in [4.78, 5) is 29.2. The van der Waals surface area contributed by atoms with Gasteiger partial charge in [-0.2, -0.15) is 4.80 Å². The van der Waals surface area contributed by atoms with E-state index in [2.05, 4.69) is 20.7 Å². The van der Waals surface area contributed by atoms with Crippen molar-refractivity contribution in [1.29, 1.82) is 0 Å².